The number of halogens is 1. The van der Waals surface area contributed by atoms with Gasteiger partial charge in [0.2, 0.25) is 5.91 Å². The van der Waals surface area contributed by atoms with Gasteiger partial charge in [0, 0.05) is 16.2 Å². The van der Waals surface area contributed by atoms with Gasteiger partial charge in [-0.2, -0.15) is 0 Å². The summed E-state index contributed by atoms with van der Waals surface area (Å²) < 4.78 is 4.23. The first-order valence-electron chi connectivity index (χ1n) is 12.8. The van der Waals surface area contributed by atoms with Crippen molar-refractivity contribution in [3.63, 3.8) is 0 Å². The molecule has 1 aromatic carbocycles. The van der Waals surface area contributed by atoms with E-state index in [1.165, 1.54) is 6.92 Å². The molecule has 1 aliphatic rings. The van der Waals surface area contributed by atoms with E-state index in [1.807, 2.05) is 13.8 Å². The van der Waals surface area contributed by atoms with Gasteiger partial charge in [-0.15, -0.1) is 11.8 Å². The van der Waals surface area contributed by atoms with E-state index in [2.05, 4.69) is 10.5 Å². The normalized spacial score (nSPS) is 19.9. The van der Waals surface area contributed by atoms with Crippen LogP contribution in [0.15, 0.2) is 28.8 Å². The van der Waals surface area contributed by atoms with Gasteiger partial charge < -0.3 is 25.0 Å². The second-order valence-electron chi connectivity index (χ2n) is 10.1. The number of carboxylic acids is 2. The molecule has 39 heavy (non-hydrogen) atoms. The summed E-state index contributed by atoms with van der Waals surface area (Å²) in [6, 6.07) is 3.80. The number of aryl methyl sites for hydroxylation is 1. The first kappa shape index (κ1) is 30.5. The van der Waals surface area contributed by atoms with Crippen molar-refractivity contribution in [2.24, 2.45) is 5.92 Å². The average molecular weight is 580 g/mol. The molecule has 1 aliphatic heterocycles. The Morgan fingerprint density at radius 3 is 2.44 bits per heavy atom. The molecule has 12 heteroatoms. The zero-order valence-corrected chi connectivity index (χ0v) is 24.1. The molecule has 1 saturated heterocycles. The van der Waals surface area contributed by atoms with Crippen LogP contribution >= 0.6 is 23.4 Å². The Labute approximate surface area is 236 Å². The molecule has 0 aliphatic carbocycles. The molecular weight excluding hydrogens is 546 g/mol. The SMILES string of the molecule is CCCCC(CC)C(=O)N1C(C(NC(=O)c2c(-c3ccccc3Cl)noc2C)C(=O)O)SC(C)(C)C1C(=O)O. The number of rotatable bonds is 11. The van der Waals surface area contributed by atoms with Gasteiger partial charge >= 0.3 is 11.9 Å². The van der Waals surface area contributed by atoms with Crippen LogP contribution in [0.5, 0.6) is 0 Å². The third kappa shape index (κ3) is 6.24. The molecule has 2 amide bonds. The molecule has 0 spiro atoms. The highest BCUT2D eigenvalue weighted by atomic mass is 35.5. The molecule has 2 heterocycles. The van der Waals surface area contributed by atoms with E-state index < -0.39 is 51.9 Å². The molecule has 1 fully saturated rings. The monoisotopic (exact) mass is 579 g/mol. The molecule has 10 nitrogen and oxygen atoms in total. The molecule has 3 rings (SSSR count). The minimum atomic E-state index is -1.62. The lowest BCUT2D eigenvalue weighted by molar-refractivity contribution is -0.155. The number of carbonyl (C=O) groups is 4. The van der Waals surface area contributed by atoms with Gasteiger partial charge in [-0.25, -0.2) is 9.59 Å². The maximum absolute atomic E-state index is 13.8. The lowest BCUT2D eigenvalue weighted by Crippen LogP contribution is -2.58. The Bertz CT molecular complexity index is 1250. The molecule has 4 unspecified atom stereocenters. The summed E-state index contributed by atoms with van der Waals surface area (Å²) in [5.41, 5.74) is 0.564. The van der Waals surface area contributed by atoms with Crippen LogP contribution in [-0.2, 0) is 14.4 Å². The summed E-state index contributed by atoms with van der Waals surface area (Å²) in [5, 5.41) is 26.0. The number of aliphatic carboxylic acids is 2. The van der Waals surface area contributed by atoms with Gasteiger partial charge in [-0.3, -0.25) is 9.59 Å². The molecule has 3 N–H and O–H groups in total. The highest BCUT2D eigenvalue weighted by molar-refractivity contribution is 8.01. The highest BCUT2D eigenvalue weighted by Crippen LogP contribution is 2.47. The molecule has 0 bridgehead atoms. The lowest BCUT2D eigenvalue weighted by Gasteiger charge is -2.34. The van der Waals surface area contributed by atoms with Crippen LogP contribution in [-0.4, -0.2) is 66.2 Å². The van der Waals surface area contributed by atoms with Crippen molar-refractivity contribution < 1.29 is 33.9 Å². The van der Waals surface area contributed by atoms with Crippen LogP contribution in [0.2, 0.25) is 5.02 Å². The third-order valence-corrected chi connectivity index (χ3v) is 8.83. The number of thioether (sulfide) groups is 1. The van der Waals surface area contributed by atoms with Crippen LogP contribution in [0.4, 0.5) is 0 Å². The van der Waals surface area contributed by atoms with Gasteiger partial charge in [-0.1, -0.05) is 61.6 Å². The van der Waals surface area contributed by atoms with Crippen LogP contribution in [0.25, 0.3) is 11.3 Å². The van der Waals surface area contributed by atoms with E-state index in [1.54, 1.807) is 38.1 Å². The van der Waals surface area contributed by atoms with E-state index in [0.717, 1.165) is 29.5 Å². The number of amides is 2. The second-order valence-corrected chi connectivity index (χ2v) is 12.3. The summed E-state index contributed by atoms with van der Waals surface area (Å²) in [7, 11) is 0. The summed E-state index contributed by atoms with van der Waals surface area (Å²) in [6.45, 7) is 8.67. The average Bonchev–Trinajstić information content (AvgIpc) is 3.38. The molecular formula is C27H34ClN3O7S. The predicted molar refractivity (Wildman–Crippen MR) is 148 cm³/mol. The highest BCUT2D eigenvalue weighted by Gasteiger charge is 2.57. The number of hydrogen-bond acceptors (Lipinski definition) is 7. The van der Waals surface area contributed by atoms with E-state index >= 15 is 0 Å². The summed E-state index contributed by atoms with van der Waals surface area (Å²) in [4.78, 5) is 53.5. The maximum atomic E-state index is 13.8. The number of aromatic nitrogens is 1. The van der Waals surface area contributed by atoms with Crippen molar-refractivity contribution in [3.8, 4) is 11.3 Å². The van der Waals surface area contributed by atoms with Gasteiger partial charge in [0.25, 0.3) is 5.91 Å². The Balaban J connectivity index is 2.03. The zero-order valence-electron chi connectivity index (χ0n) is 22.6. The number of unbranched alkanes of at least 4 members (excludes halogenated alkanes) is 1. The Morgan fingerprint density at radius 2 is 1.87 bits per heavy atom. The molecule has 1 aromatic heterocycles. The molecule has 4 atom stereocenters. The number of carbonyl (C=O) groups excluding carboxylic acids is 2. The zero-order chi connectivity index (χ0) is 29.1. The summed E-state index contributed by atoms with van der Waals surface area (Å²) >= 11 is 7.35. The Kier molecular flexibility index (Phi) is 9.71. The molecule has 212 valence electrons. The van der Waals surface area contributed by atoms with Gasteiger partial charge in [0.05, 0.1) is 5.02 Å². The van der Waals surface area contributed by atoms with Crippen LogP contribution < -0.4 is 5.32 Å². The molecule has 0 radical (unpaired) electrons. The van der Waals surface area contributed by atoms with Crippen molar-refractivity contribution in [1.29, 1.82) is 0 Å². The quantitative estimate of drug-likeness (QED) is 0.340. The van der Waals surface area contributed by atoms with Crippen LogP contribution in [0, 0.1) is 12.8 Å². The number of benzene rings is 1. The van der Waals surface area contributed by atoms with Gasteiger partial charge in [-0.05, 0) is 39.7 Å². The number of carboxylic acid groups (broad SMARTS) is 2. The first-order valence-corrected chi connectivity index (χ1v) is 14.1. The fraction of sp³-hybridized carbons (Fsp3) is 0.519. The summed E-state index contributed by atoms with van der Waals surface area (Å²) in [5.74, 6) is -4.19. The number of hydrogen-bond donors (Lipinski definition) is 3. The smallest absolute Gasteiger partial charge is 0.329 e. The van der Waals surface area contributed by atoms with Gasteiger partial charge in [0.1, 0.15) is 28.4 Å². The van der Waals surface area contributed by atoms with Gasteiger partial charge in [0.15, 0.2) is 6.04 Å². The van der Waals surface area contributed by atoms with Crippen molar-refractivity contribution in [3.05, 3.63) is 40.6 Å². The molecule has 2 aromatic rings. The minimum absolute atomic E-state index is 0.00125. The predicted octanol–water partition coefficient (Wildman–Crippen LogP) is 4.84. The Morgan fingerprint density at radius 1 is 1.21 bits per heavy atom. The lowest BCUT2D eigenvalue weighted by atomic mass is 9.94. The van der Waals surface area contributed by atoms with E-state index in [9.17, 15) is 29.4 Å². The second kappa shape index (κ2) is 12.4. The van der Waals surface area contributed by atoms with Crippen molar-refractivity contribution in [2.75, 3.05) is 0 Å². The van der Waals surface area contributed by atoms with E-state index in [4.69, 9.17) is 16.1 Å². The van der Waals surface area contributed by atoms with Crippen LogP contribution in [0.3, 0.4) is 0 Å². The van der Waals surface area contributed by atoms with E-state index in [-0.39, 0.29) is 17.0 Å². The fourth-order valence-electron chi connectivity index (χ4n) is 4.92. The first-order chi connectivity index (χ1) is 18.3. The minimum Gasteiger partial charge on any atom is -0.480 e. The Hall–Kier alpha value is -3.05. The fourth-order valence-corrected chi connectivity index (χ4v) is 6.77. The van der Waals surface area contributed by atoms with Crippen LogP contribution in [0.1, 0.15) is 69.5 Å². The standard InChI is InChI=1S/C27H34ClN3O7S/c1-6-8-11-15(7-2)23(33)31-21(26(36)37)27(4,5)39-24(31)20(25(34)35)29-22(32)18-14(3)38-30-19(18)16-12-9-10-13-17(16)28/h9-10,12-13,15,20-21,24H,6-8,11H2,1-5H3,(H,29,32)(H,34,35)(H,36,37). The maximum Gasteiger partial charge on any atom is 0.329 e. The largest absolute Gasteiger partial charge is 0.480 e. The third-order valence-electron chi connectivity index (χ3n) is 6.93. The van der Waals surface area contributed by atoms with Crippen molar-refractivity contribution in [2.45, 2.75) is 82.5 Å². The number of nitrogens with one attached hydrogen (secondary N) is 1. The van der Waals surface area contributed by atoms with Crippen molar-refractivity contribution in [1.82, 2.24) is 15.4 Å². The molecule has 0 saturated carbocycles. The topological polar surface area (TPSA) is 150 Å². The van der Waals surface area contributed by atoms with E-state index in [0.29, 0.717) is 23.4 Å². The number of nitrogens with zero attached hydrogens (tertiary/aromatic N) is 2. The van der Waals surface area contributed by atoms with Crippen molar-refractivity contribution >= 4 is 47.1 Å². The summed E-state index contributed by atoms with van der Waals surface area (Å²) in [6.07, 6.45) is 2.66.